The Balaban J connectivity index is 1.35. The Labute approximate surface area is 211 Å². The number of nitrogens with zero attached hydrogens (tertiary/aromatic N) is 4. The number of carbonyl (C=O) groups is 1. The van der Waals surface area contributed by atoms with Crippen LogP contribution in [-0.4, -0.2) is 69.5 Å². The SMILES string of the molecule is CN1CC[C@H](c2cc(Nc3ncnc4[nH]c(C5=CCN(C(=O)NC(C)(C)C)CC5)cc34)ccc2F)C1. The van der Waals surface area contributed by atoms with Gasteiger partial charge in [0.05, 0.1) is 5.39 Å². The zero-order valence-electron chi connectivity index (χ0n) is 21.4. The average Bonchev–Trinajstić information content (AvgIpc) is 3.46. The highest BCUT2D eigenvalue weighted by atomic mass is 19.1. The molecule has 8 nitrogen and oxygen atoms in total. The fraction of sp³-hybridized carbons (Fsp3) is 0.444. The van der Waals surface area contributed by atoms with E-state index in [-0.39, 0.29) is 23.3 Å². The number of amides is 2. The summed E-state index contributed by atoms with van der Waals surface area (Å²) in [5.74, 6) is 0.711. The van der Waals surface area contributed by atoms with Crippen molar-refractivity contribution in [1.29, 1.82) is 0 Å². The number of aromatic amines is 1. The van der Waals surface area contributed by atoms with Crippen LogP contribution >= 0.6 is 0 Å². The minimum Gasteiger partial charge on any atom is -0.340 e. The van der Waals surface area contributed by atoms with Gasteiger partial charge in [-0.15, -0.1) is 0 Å². The van der Waals surface area contributed by atoms with Crippen LogP contribution in [0.4, 0.5) is 20.7 Å². The third-order valence-corrected chi connectivity index (χ3v) is 6.84. The Kier molecular flexibility index (Phi) is 6.42. The highest BCUT2D eigenvalue weighted by molar-refractivity contribution is 5.92. The van der Waals surface area contributed by atoms with Crippen molar-refractivity contribution < 1.29 is 9.18 Å². The van der Waals surface area contributed by atoms with Crippen LogP contribution in [0.1, 0.15) is 50.8 Å². The van der Waals surface area contributed by atoms with Gasteiger partial charge in [0.1, 0.15) is 23.6 Å². The van der Waals surface area contributed by atoms with Crippen molar-refractivity contribution in [2.24, 2.45) is 0 Å². The van der Waals surface area contributed by atoms with Crippen LogP contribution in [0.5, 0.6) is 0 Å². The average molecular weight is 492 g/mol. The van der Waals surface area contributed by atoms with Gasteiger partial charge >= 0.3 is 6.03 Å². The van der Waals surface area contributed by atoms with Crippen LogP contribution in [0.2, 0.25) is 0 Å². The van der Waals surface area contributed by atoms with Crippen molar-refractivity contribution in [3.8, 4) is 0 Å². The molecule has 2 aliphatic heterocycles. The van der Waals surface area contributed by atoms with Crippen molar-refractivity contribution >= 4 is 34.1 Å². The number of urea groups is 1. The molecule has 3 N–H and O–H groups in total. The van der Waals surface area contributed by atoms with E-state index in [0.29, 0.717) is 18.9 Å². The van der Waals surface area contributed by atoms with E-state index in [1.165, 1.54) is 12.4 Å². The van der Waals surface area contributed by atoms with E-state index in [1.54, 1.807) is 6.07 Å². The number of nitrogens with one attached hydrogen (secondary N) is 3. The first-order chi connectivity index (χ1) is 17.2. The number of anilines is 2. The second-order valence-electron chi connectivity index (χ2n) is 10.9. The normalized spacial score (nSPS) is 19.0. The quantitative estimate of drug-likeness (QED) is 0.485. The molecule has 0 spiro atoms. The summed E-state index contributed by atoms with van der Waals surface area (Å²) in [7, 11) is 2.07. The zero-order chi connectivity index (χ0) is 25.4. The van der Waals surface area contributed by atoms with Crippen LogP contribution in [0.3, 0.4) is 0 Å². The molecular formula is C27H34FN7O. The fourth-order valence-electron chi connectivity index (χ4n) is 4.97. The van der Waals surface area contributed by atoms with Crippen LogP contribution in [0.15, 0.2) is 36.7 Å². The summed E-state index contributed by atoms with van der Waals surface area (Å²) >= 11 is 0. The van der Waals surface area contributed by atoms with Crippen molar-refractivity contribution in [2.75, 3.05) is 38.5 Å². The molecule has 2 aliphatic rings. The Morgan fingerprint density at radius 3 is 2.72 bits per heavy atom. The van der Waals surface area contributed by atoms with Crippen LogP contribution in [0.25, 0.3) is 16.6 Å². The molecule has 3 aromatic rings. The summed E-state index contributed by atoms with van der Waals surface area (Å²) in [4.78, 5) is 28.8. The van der Waals surface area contributed by atoms with Gasteiger partial charge < -0.3 is 25.4 Å². The first-order valence-corrected chi connectivity index (χ1v) is 12.5. The summed E-state index contributed by atoms with van der Waals surface area (Å²) in [6.45, 7) is 8.99. The minimum atomic E-state index is -0.265. The Hall–Kier alpha value is -3.46. The van der Waals surface area contributed by atoms with E-state index in [9.17, 15) is 9.18 Å². The fourth-order valence-corrected chi connectivity index (χ4v) is 4.97. The lowest BCUT2D eigenvalue weighted by atomic mass is 9.97. The van der Waals surface area contributed by atoms with Gasteiger partial charge in [0, 0.05) is 42.5 Å². The number of hydrogen-bond acceptors (Lipinski definition) is 5. The molecule has 1 fully saturated rings. The van der Waals surface area contributed by atoms with Gasteiger partial charge in [-0.1, -0.05) is 6.08 Å². The van der Waals surface area contributed by atoms with E-state index >= 15 is 0 Å². The smallest absolute Gasteiger partial charge is 0.318 e. The molecule has 0 saturated carbocycles. The predicted octanol–water partition coefficient (Wildman–Crippen LogP) is 4.86. The molecule has 9 heteroatoms. The maximum atomic E-state index is 14.6. The summed E-state index contributed by atoms with van der Waals surface area (Å²) in [6.07, 6.45) is 5.31. The lowest BCUT2D eigenvalue weighted by Gasteiger charge is -2.30. The van der Waals surface area contributed by atoms with E-state index in [1.807, 2.05) is 37.8 Å². The molecule has 1 saturated heterocycles. The molecule has 1 atom stereocenters. The Morgan fingerprint density at radius 2 is 2.03 bits per heavy atom. The molecule has 2 aromatic heterocycles. The second-order valence-corrected chi connectivity index (χ2v) is 10.9. The molecule has 1 aromatic carbocycles. The number of H-pyrrole nitrogens is 1. The largest absolute Gasteiger partial charge is 0.340 e. The molecule has 190 valence electrons. The van der Waals surface area contributed by atoms with Crippen molar-refractivity contribution in [2.45, 2.75) is 45.1 Å². The topological polar surface area (TPSA) is 89.2 Å². The van der Waals surface area contributed by atoms with Gasteiger partial charge in [-0.3, -0.25) is 0 Å². The molecule has 0 radical (unpaired) electrons. The summed E-state index contributed by atoms with van der Waals surface area (Å²) in [6, 6.07) is 7.19. The van der Waals surface area contributed by atoms with Gasteiger partial charge in [-0.05, 0) is 82.6 Å². The van der Waals surface area contributed by atoms with Gasteiger partial charge in [0.2, 0.25) is 0 Å². The van der Waals surface area contributed by atoms with Crippen LogP contribution in [-0.2, 0) is 0 Å². The van der Waals surface area contributed by atoms with E-state index in [4.69, 9.17) is 0 Å². The van der Waals surface area contributed by atoms with Gasteiger partial charge in [-0.2, -0.15) is 0 Å². The van der Waals surface area contributed by atoms with Crippen molar-refractivity contribution in [3.05, 3.63) is 53.7 Å². The number of likely N-dealkylation sites (tertiary alicyclic amines) is 1. The van der Waals surface area contributed by atoms with Crippen molar-refractivity contribution in [3.63, 3.8) is 0 Å². The van der Waals surface area contributed by atoms with Gasteiger partial charge in [-0.25, -0.2) is 19.2 Å². The molecule has 0 bridgehead atoms. The van der Waals surface area contributed by atoms with Gasteiger partial charge in [0.25, 0.3) is 0 Å². The van der Waals surface area contributed by atoms with E-state index in [0.717, 1.165) is 59.5 Å². The molecule has 36 heavy (non-hydrogen) atoms. The maximum Gasteiger partial charge on any atom is 0.318 e. The number of carbonyl (C=O) groups excluding carboxylic acids is 1. The number of likely N-dealkylation sites (N-methyl/N-ethyl adjacent to an activating group) is 1. The lowest BCUT2D eigenvalue weighted by molar-refractivity contribution is 0.193. The number of rotatable bonds is 4. The zero-order valence-corrected chi connectivity index (χ0v) is 21.4. The molecular weight excluding hydrogens is 457 g/mol. The van der Waals surface area contributed by atoms with Crippen molar-refractivity contribution in [1.82, 2.24) is 30.1 Å². The molecule has 0 aliphatic carbocycles. The summed E-state index contributed by atoms with van der Waals surface area (Å²) < 4.78 is 14.6. The highest BCUT2D eigenvalue weighted by Gasteiger charge is 2.25. The first-order valence-electron chi connectivity index (χ1n) is 12.5. The van der Waals surface area contributed by atoms with Gasteiger partial charge in [0.15, 0.2) is 0 Å². The van der Waals surface area contributed by atoms with Crippen LogP contribution < -0.4 is 10.6 Å². The Bertz CT molecular complexity index is 1310. The summed E-state index contributed by atoms with van der Waals surface area (Å²) in [5, 5.41) is 7.27. The number of aromatic nitrogens is 3. The third-order valence-electron chi connectivity index (χ3n) is 6.84. The van der Waals surface area contributed by atoms with E-state index < -0.39 is 0 Å². The van der Waals surface area contributed by atoms with Crippen LogP contribution in [0, 0.1) is 5.82 Å². The first kappa shape index (κ1) is 24.2. The molecule has 4 heterocycles. The number of hydrogen-bond donors (Lipinski definition) is 3. The number of benzene rings is 1. The number of halogens is 1. The highest BCUT2D eigenvalue weighted by Crippen LogP contribution is 2.33. The predicted molar refractivity (Wildman–Crippen MR) is 141 cm³/mol. The molecule has 5 rings (SSSR count). The number of fused-ring (bicyclic) bond motifs is 1. The monoisotopic (exact) mass is 491 g/mol. The van der Waals surface area contributed by atoms with E-state index in [2.05, 4.69) is 43.6 Å². The third kappa shape index (κ3) is 5.21. The minimum absolute atomic E-state index is 0.0466. The summed E-state index contributed by atoms with van der Waals surface area (Å²) in [5.41, 5.74) is 4.14. The molecule has 2 amide bonds. The maximum absolute atomic E-state index is 14.6. The second kappa shape index (κ2) is 9.54. The standard InChI is InChI=1S/C27H34FN7O/c1-27(2,3)33-26(36)35-11-8-17(9-12-35)23-14-21-24(29-16-30-25(21)32-23)31-19-5-6-22(28)20(13-19)18-7-10-34(4)15-18/h5-6,8,13-14,16,18H,7,9-12,15H2,1-4H3,(H,33,36)(H2,29,30,31,32)/t18-/m0/s1. The lowest BCUT2D eigenvalue weighted by Crippen LogP contribution is -2.49. The molecule has 0 unspecified atom stereocenters. The Morgan fingerprint density at radius 1 is 1.19 bits per heavy atom.